The van der Waals surface area contributed by atoms with Gasteiger partial charge in [-0.15, -0.1) is 11.3 Å². The maximum Gasteiger partial charge on any atom is 0.325 e. The number of nitrogens with one attached hydrogen (secondary N) is 1. The molecule has 208 valence electrons. The second kappa shape index (κ2) is 12.3. The van der Waals surface area contributed by atoms with Crippen LogP contribution in [0.4, 0.5) is 11.4 Å². The van der Waals surface area contributed by atoms with Crippen LogP contribution in [-0.4, -0.2) is 50.1 Å². The first-order valence-electron chi connectivity index (χ1n) is 12.9. The minimum Gasteiger partial charge on any atom is -0.465 e. The Bertz CT molecular complexity index is 1470. The zero-order chi connectivity index (χ0) is 28.2. The first-order valence-corrected chi connectivity index (χ1v) is 14.5. The fraction of sp³-hybridized carbons (Fsp3) is 0.276. The number of rotatable bonds is 9. The van der Waals surface area contributed by atoms with Gasteiger partial charge in [0.25, 0.3) is 5.91 Å². The van der Waals surface area contributed by atoms with Gasteiger partial charge in [-0.3, -0.25) is 14.4 Å². The van der Waals surface area contributed by atoms with Gasteiger partial charge in [-0.2, -0.15) is 0 Å². The van der Waals surface area contributed by atoms with Gasteiger partial charge >= 0.3 is 5.97 Å². The van der Waals surface area contributed by atoms with Crippen molar-refractivity contribution in [1.29, 1.82) is 0 Å². The Hall–Kier alpha value is -3.53. The number of amides is 2. The Morgan fingerprint density at radius 2 is 1.82 bits per heavy atom. The zero-order valence-corrected chi connectivity index (χ0v) is 24.0. The Kier molecular flexibility index (Phi) is 8.63. The van der Waals surface area contributed by atoms with E-state index in [9.17, 15) is 14.4 Å². The van der Waals surface area contributed by atoms with Crippen LogP contribution < -0.4 is 19.9 Å². The number of hydrogen-bond donors (Lipinski definition) is 1. The van der Waals surface area contributed by atoms with Crippen LogP contribution in [0.25, 0.3) is 6.08 Å². The molecular formula is C29H27Cl2N3O5S. The maximum absolute atomic E-state index is 13.7. The Balaban J connectivity index is 1.29. The molecule has 2 amide bonds. The molecule has 1 aromatic heterocycles. The summed E-state index contributed by atoms with van der Waals surface area (Å²) in [4.78, 5) is 41.8. The van der Waals surface area contributed by atoms with Crippen molar-refractivity contribution in [1.82, 2.24) is 5.32 Å². The van der Waals surface area contributed by atoms with Crippen molar-refractivity contribution < 1.29 is 23.9 Å². The molecule has 11 heteroatoms. The van der Waals surface area contributed by atoms with Gasteiger partial charge in [-0.25, -0.2) is 0 Å². The fourth-order valence-corrected chi connectivity index (χ4v) is 5.67. The minimum atomic E-state index is -0.525. The zero-order valence-electron chi connectivity index (χ0n) is 21.7. The SMILES string of the molecule is CCOC(=O)CNC(=O)/C=C/c1cc(Cl)c(Oc2ccsc2C(=O)N2CCN(C3CC3)c3ccccc32)cc1Cl. The first kappa shape index (κ1) is 28.0. The molecular weight excluding hydrogens is 573 g/mol. The van der Waals surface area contributed by atoms with E-state index in [0.29, 0.717) is 33.8 Å². The van der Waals surface area contributed by atoms with E-state index in [4.69, 9.17) is 32.7 Å². The molecule has 2 aromatic carbocycles. The van der Waals surface area contributed by atoms with Crippen LogP contribution >= 0.6 is 34.5 Å². The molecule has 1 saturated carbocycles. The van der Waals surface area contributed by atoms with E-state index in [-0.39, 0.29) is 29.8 Å². The number of nitrogens with zero attached hydrogens (tertiary/aromatic N) is 2. The largest absolute Gasteiger partial charge is 0.465 e. The van der Waals surface area contributed by atoms with Gasteiger partial charge in [0, 0.05) is 31.3 Å². The van der Waals surface area contributed by atoms with Gasteiger partial charge < -0.3 is 24.6 Å². The highest BCUT2D eigenvalue weighted by Crippen LogP contribution is 2.42. The second-order valence-corrected chi connectivity index (χ2v) is 11.0. The lowest BCUT2D eigenvalue weighted by atomic mass is 10.1. The van der Waals surface area contributed by atoms with Crippen LogP contribution in [0.5, 0.6) is 11.5 Å². The van der Waals surface area contributed by atoms with Crippen LogP contribution in [0.1, 0.15) is 35.0 Å². The fourth-order valence-electron chi connectivity index (χ4n) is 4.48. The normalized spacial score (nSPS) is 14.7. The molecule has 3 aromatic rings. The van der Waals surface area contributed by atoms with E-state index < -0.39 is 11.9 Å². The molecule has 1 fully saturated rings. The number of carbonyl (C=O) groups excluding carboxylic acids is 3. The molecule has 0 bridgehead atoms. The quantitative estimate of drug-likeness (QED) is 0.234. The maximum atomic E-state index is 13.7. The van der Waals surface area contributed by atoms with Gasteiger partial charge in [-0.05, 0) is 61.1 Å². The summed E-state index contributed by atoms with van der Waals surface area (Å²) < 4.78 is 10.9. The highest BCUT2D eigenvalue weighted by atomic mass is 35.5. The molecule has 1 N–H and O–H groups in total. The third-order valence-corrected chi connectivity index (χ3v) is 8.01. The summed E-state index contributed by atoms with van der Waals surface area (Å²) in [7, 11) is 0. The minimum absolute atomic E-state index is 0.136. The Labute approximate surface area is 246 Å². The molecule has 0 atom stereocenters. The van der Waals surface area contributed by atoms with E-state index in [1.165, 1.54) is 42.4 Å². The van der Waals surface area contributed by atoms with Crippen molar-refractivity contribution in [3.63, 3.8) is 0 Å². The van der Waals surface area contributed by atoms with Gasteiger partial charge in [-0.1, -0.05) is 35.3 Å². The third kappa shape index (κ3) is 6.27. The Morgan fingerprint density at radius 1 is 1.05 bits per heavy atom. The number of hydrogen-bond acceptors (Lipinski definition) is 7. The number of ether oxygens (including phenoxy) is 2. The lowest BCUT2D eigenvalue weighted by Crippen LogP contribution is -2.44. The van der Waals surface area contributed by atoms with E-state index in [1.807, 2.05) is 23.1 Å². The number of para-hydroxylation sites is 2. The summed E-state index contributed by atoms with van der Waals surface area (Å²) in [5, 5.41) is 4.78. The number of thiophene rings is 1. The lowest BCUT2D eigenvalue weighted by molar-refractivity contribution is -0.143. The number of benzene rings is 2. The van der Waals surface area contributed by atoms with Crippen LogP contribution in [0.15, 0.2) is 53.9 Å². The third-order valence-electron chi connectivity index (χ3n) is 6.50. The van der Waals surface area contributed by atoms with Crippen molar-refractivity contribution in [3.8, 4) is 11.5 Å². The summed E-state index contributed by atoms with van der Waals surface area (Å²) >= 11 is 14.2. The molecule has 0 unspecified atom stereocenters. The van der Waals surface area contributed by atoms with Gasteiger partial charge in [0.1, 0.15) is 17.2 Å². The highest BCUT2D eigenvalue weighted by Gasteiger charge is 2.36. The Morgan fingerprint density at radius 3 is 2.58 bits per heavy atom. The molecule has 1 aliphatic heterocycles. The van der Waals surface area contributed by atoms with Crippen molar-refractivity contribution in [2.45, 2.75) is 25.8 Å². The molecule has 8 nitrogen and oxygen atoms in total. The summed E-state index contributed by atoms with van der Waals surface area (Å²) in [5.74, 6) is -0.480. The molecule has 0 spiro atoms. The van der Waals surface area contributed by atoms with E-state index >= 15 is 0 Å². The highest BCUT2D eigenvalue weighted by molar-refractivity contribution is 7.12. The molecule has 2 heterocycles. The standard InChI is InChI=1S/C29H27Cl2N3O5S/c1-2-38-27(36)17-32-26(35)10-7-18-15-21(31)25(16-20(18)30)39-24-11-14-40-28(24)29(37)34-13-12-33(19-8-9-19)22-5-3-4-6-23(22)34/h3-7,10-11,14-16,19H,2,8-9,12-13,17H2,1H3,(H,32,35)/b10-7+. The van der Waals surface area contributed by atoms with Crippen LogP contribution in [0.2, 0.25) is 10.0 Å². The number of carbonyl (C=O) groups is 3. The predicted molar refractivity (Wildman–Crippen MR) is 158 cm³/mol. The molecule has 2 aliphatic rings. The molecule has 40 heavy (non-hydrogen) atoms. The molecule has 1 aliphatic carbocycles. The van der Waals surface area contributed by atoms with E-state index in [0.717, 1.165) is 17.9 Å². The van der Waals surface area contributed by atoms with Crippen molar-refractivity contribution in [2.24, 2.45) is 0 Å². The number of fused-ring (bicyclic) bond motifs is 1. The van der Waals surface area contributed by atoms with E-state index in [2.05, 4.69) is 16.3 Å². The topological polar surface area (TPSA) is 88.2 Å². The summed E-state index contributed by atoms with van der Waals surface area (Å²) in [6.07, 6.45) is 5.10. The van der Waals surface area contributed by atoms with Gasteiger partial charge in [0.15, 0.2) is 5.75 Å². The van der Waals surface area contributed by atoms with Crippen molar-refractivity contribution >= 4 is 69.8 Å². The second-order valence-electron chi connectivity index (χ2n) is 9.25. The predicted octanol–water partition coefficient (Wildman–Crippen LogP) is 6.17. The van der Waals surface area contributed by atoms with Gasteiger partial charge in [0.2, 0.25) is 5.91 Å². The summed E-state index contributed by atoms with van der Waals surface area (Å²) in [6.45, 7) is 3.06. The average molecular weight is 601 g/mol. The number of anilines is 2. The van der Waals surface area contributed by atoms with Crippen molar-refractivity contribution in [3.05, 3.63) is 74.4 Å². The van der Waals surface area contributed by atoms with Crippen LogP contribution in [-0.2, 0) is 14.3 Å². The smallest absolute Gasteiger partial charge is 0.325 e. The van der Waals surface area contributed by atoms with Crippen LogP contribution in [0, 0.1) is 0 Å². The summed E-state index contributed by atoms with van der Waals surface area (Å²) in [5.41, 5.74) is 2.46. The molecule has 0 radical (unpaired) electrons. The number of esters is 1. The number of halogens is 2. The first-order chi connectivity index (χ1) is 19.4. The average Bonchev–Trinajstić information content (AvgIpc) is 3.69. The summed E-state index contributed by atoms with van der Waals surface area (Å²) in [6, 6.07) is 13.4. The van der Waals surface area contributed by atoms with Crippen molar-refractivity contribution in [2.75, 3.05) is 36.0 Å². The monoisotopic (exact) mass is 599 g/mol. The molecule has 5 rings (SSSR count). The van der Waals surface area contributed by atoms with Crippen LogP contribution in [0.3, 0.4) is 0 Å². The van der Waals surface area contributed by atoms with Gasteiger partial charge in [0.05, 0.1) is 28.0 Å². The molecule has 0 saturated heterocycles. The lowest BCUT2D eigenvalue weighted by Gasteiger charge is -2.37. The van der Waals surface area contributed by atoms with E-state index in [1.54, 1.807) is 24.4 Å².